The van der Waals surface area contributed by atoms with E-state index in [9.17, 15) is 27.8 Å². The molecule has 0 radical (unpaired) electrons. The molecule has 4 atom stereocenters. The van der Waals surface area contributed by atoms with Crippen LogP contribution in [0.2, 0.25) is 0 Å². The molecule has 0 saturated heterocycles. The van der Waals surface area contributed by atoms with Crippen molar-refractivity contribution in [2.45, 2.75) is 79.5 Å². The van der Waals surface area contributed by atoms with Gasteiger partial charge < -0.3 is 20.9 Å². The lowest BCUT2D eigenvalue weighted by Gasteiger charge is -2.39. The summed E-state index contributed by atoms with van der Waals surface area (Å²) in [5.74, 6) is -1.47. The van der Waals surface area contributed by atoms with Crippen LogP contribution in [-0.2, 0) is 16.0 Å². The smallest absolute Gasteiger partial charge is 0.578 e. The summed E-state index contributed by atoms with van der Waals surface area (Å²) in [7, 11) is 0. The molecule has 8 nitrogen and oxygen atoms in total. The van der Waals surface area contributed by atoms with Crippen LogP contribution in [0.3, 0.4) is 0 Å². The zero-order valence-corrected chi connectivity index (χ0v) is 20.4. The molecule has 0 spiro atoms. The third kappa shape index (κ3) is 6.32. The Bertz CT molecular complexity index is 1040. The zero-order valence-electron chi connectivity index (χ0n) is 19.6. The maximum atomic E-state index is 12.6. The third-order valence-electron chi connectivity index (χ3n) is 6.87. The molecule has 5 N–H and O–H groups in total. The van der Waals surface area contributed by atoms with E-state index in [4.69, 9.17) is 11.1 Å². The van der Waals surface area contributed by atoms with Gasteiger partial charge in [-0.05, 0) is 69.2 Å². The Balaban J connectivity index is 1.37. The minimum Gasteiger partial charge on any atom is -0.604 e. The number of amides is 1. The van der Waals surface area contributed by atoms with E-state index in [0.29, 0.717) is 18.1 Å². The highest BCUT2D eigenvalue weighted by atomic mass is 32.2. The Morgan fingerprint density at radius 2 is 1.72 bits per heavy atom. The summed E-state index contributed by atoms with van der Waals surface area (Å²) in [6, 6.07) is 8.44. The van der Waals surface area contributed by atoms with Gasteiger partial charge in [-0.1, -0.05) is 0 Å². The molecular weight excluding hydrogens is 493 g/mol. The van der Waals surface area contributed by atoms with Gasteiger partial charge in [0.2, 0.25) is 0 Å². The van der Waals surface area contributed by atoms with Gasteiger partial charge in [0.15, 0.2) is 4.90 Å². The number of carbonyl (C=O) groups is 1. The molecule has 0 heterocycles. The number of anilines is 1. The van der Waals surface area contributed by atoms with E-state index in [0.717, 1.165) is 31.4 Å². The number of carbonyl (C=O) groups excluding carboxylic acids is 1. The van der Waals surface area contributed by atoms with E-state index in [1.54, 1.807) is 0 Å². The molecule has 0 aliphatic heterocycles. The molecule has 194 valence electrons. The molecule has 12 heteroatoms. The van der Waals surface area contributed by atoms with E-state index < -0.39 is 27.5 Å². The second-order valence-corrected chi connectivity index (χ2v) is 11.0. The van der Waals surface area contributed by atoms with Crippen molar-refractivity contribution in [3.8, 4) is 6.07 Å². The molecule has 3 aliphatic rings. The van der Waals surface area contributed by atoms with Crippen molar-refractivity contribution >= 4 is 28.6 Å². The first-order valence-electron chi connectivity index (χ1n) is 12.0. The molecule has 0 bridgehead atoms. The first-order chi connectivity index (χ1) is 17.1. The van der Waals surface area contributed by atoms with Crippen LogP contribution in [0.4, 0.5) is 18.9 Å². The van der Waals surface area contributed by atoms with Gasteiger partial charge in [-0.15, -0.1) is 13.2 Å². The van der Waals surface area contributed by atoms with Crippen LogP contribution in [0.25, 0.3) is 0 Å². The van der Waals surface area contributed by atoms with Gasteiger partial charge in [0, 0.05) is 36.1 Å². The number of nitrogens with one attached hydrogen (secondary N) is 3. The normalized spacial score (nSPS) is 25.7. The van der Waals surface area contributed by atoms with Crippen LogP contribution >= 0.6 is 0 Å². The van der Waals surface area contributed by atoms with E-state index >= 15 is 0 Å². The molecule has 3 unspecified atom stereocenters. The van der Waals surface area contributed by atoms with Gasteiger partial charge in [-0.3, -0.25) is 15.1 Å². The number of alkyl halides is 3. The van der Waals surface area contributed by atoms with Crippen LogP contribution in [0.5, 0.6) is 0 Å². The Labute approximate surface area is 210 Å². The summed E-state index contributed by atoms with van der Waals surface area (Å²) in [4.78, 5) is 14.2. The molecule has 3 saturated carbocycles. The second kappa shape index (κ2) is 10.7. The van der Waals surface area contributed by atoms with Crippen molar-refractivity contribution in [1.29, 1.82) is 10.7 Å². The van der Waals surface area contributed by atoms with E-state index in [1.165, 1.54) is 44.0 Å². The van der Waals surface area contributed by atoms with Gasteiger partial charge in [0.25, 0.3) is 5.91 Å². The lowest BCUT2D eigenvalue weighted by molar-refractivity contribution is -0.114. The highest BCUT2D eigenvalue weighted by Gasteiger charge is 2.46. The van der Waals surface area contributed by atoms with E-state index in [2.05, 4.69) is 21.6 Å². The van der Waals surface area contributed by atoms with Gasteiger partial charge >= 0.3 is 5.51 Å². The van der Waals surface area contributed by atoms with Crippen LogP contribution in [-0.4, -0.2) is 50.9 Å². The van der Waals surface area contributed by atoms with Gasteiger partial charge in [-0.25, -0.2) is 0 Å². The van der Waals surface area contributed by atoms with Crippen molar-refractivity contribution in [2.24, 2.45) is 11.7 Å². The van der Waals surface area contributed by atoms with E-state index in [-0.39, 0.29) is 29.1 Å². The third-order valence-corrected chi connectivity index (χ3v) is 7.99. The predicted octanol–water partition coefficient (Wildman–Crippen LogP) is 3.35. The van der Waals surface area contributed by atoms with Crippen molar-refractivity contribution < 1.29 is 22.5 Å². The fourth-order valence-electron chi connectivity index (χ4n) is 4.87. The minimum atomic E-state index is -4.87. The molecule has 3 aliphatic carbocycles. The summed E-state index contributed by atoms with van der Waals surface area (Å²) in [6.07, 6.45) is 8.71. The standard InChI is InChI=1S/C24H29F3N6O2S/c25-24(26,27)36(35)19-8-1-15(2-9-19)32-22(29)20(23(30)34)13-31-21-10-7-18(11-14(21)12-28)33(16-3-4-16)17-5-6-17/h1-2,8-9,13-14,16-18,21,31H,3-7,10-11H2,(H2,29,32)(H2,30,34)/b20-13+/t14?,18?,21-,36?/m0/s1. The number of amidine groups is 1. The van der Waals surface area contributed by atoms with Crippen LogP contribution in [0, 0.1) is 22.7 Å². The van der Waals surface area contributed by atoms with E-state index in [1.807, 2.05) is 0 Å². The first-order valence-corrected chi connectivity index (χ1v) is 13.1. The summed E-state index contributed by atoms with van der Waals surface area (Å²) >= 11 is -3.16. The summed E-state index contributed by atoms with van der Waals surface area (Å²) in [5.41, 5.74) is 0.661. The SMILES string of the molecule is N#CC1CC(N(C2CC2)C2CC2)CC[C@@H]1N/C=C(\C(=N)Nc1ccc([S+]([O-])C(F)(F)F)cc1)C(N)=O. The fraction of sp³-hybridized carbons (Fsp3) is 0.542. The molecule has 0 aromatic heterocycles. The number of hydrogen-bond acceptors (Lipinski definition) is 6. The average Bonchev–Trinajstić information content (AvgIpc) is 3.75. The number of primary amides is 1. The lowest BCUT2D eigenvalue weighted by Crippen LogP contribution is -2.47. The first kappa shape index (κ1) is 26.3. The Kier molecular flexibility index (Phi) is 7.82. The fourth-order valence-corrected chi connectivity index (χ4v) is 5.52. The van der Waals surface area contributed by atoms with Crippen molar-refractivity contribution in [3.05, 3.63) is 36.0 Å². The molecule has 36 heavy (non-hydrogen) atoms. The highest BCUT2D eigenvalue weighted by molar-refractivity contribution is 7.92. The monoisotopic (exact) mass is 522 g/mol. The number of halogens is 3. The topological polar surface area (TPSA) is 141 Å². The van der Waals surface area contributed by atoms with Crippen molar-refractivity contribution in [3.63, 3.8) is 0 Å². The molecule has 1 aromatic rings. The van der Waals surface area contributed by atoms with Crippen LogP contribution in [0.1, 0.15) is 44.9 Å². The summed E-state index contributed by atoms with van der Waals surface area (Å²) in [5, 5.41) is 23.8. The Morgan fingerprint density at radius 3 is 2.22 bits per heavy atom. The van der Waals surface area contributed by atoms with Gasteiger partial charge in [0.1, 0.15) is 5.84 Å². The average molecular weight is 523 g/mol. The van der Waals surface area contributed by atoms with Gasteiger partial charge in [-0.2, -0.15) is 5.26 Å². The molecule has 1 amide bonds. The Hall–Kier alpha value is -2.75. The zero-order chi connectivity index (χ0) is 26.0. The summed E-state index contributed by atoms with van der Waals surface area (Å²) < 4.78 is 49.3. The number of nitrogens with zero attached hydrogens (tertiary/aromatic N) is 2. The van der Waals surface area contributed by atoms with Crippen molar-refractivity contribution in [2.75, 3.05) is 5.32 Å². The molecule has 3 fully saturated rings. The van der Waals surface area contributed by atoms with Crippen LogP contribution < -0.4 is 16.4 Å². The largest absolute Gasteiger partial charge is 0.604 e. The molecule has 4 rings (SSSR count). The van der Waals surface area contributed by atoms with Gasteiger partial charge in [0.05, 0.1) is 28.7 Å². The quantitative estimate of drug-likeness (QED) is 0.170. The minimum absolute atomic E-state index is 0.158. The molecular formula is C24H29F3N6O2S. The number of benzene rings is 1. The van der Waals surface area contributed by atoms with Crippen molar-refractivity contribution in [1.82, 2.24) is 10.2 Å². The number of rotatable bonds is 9. The predicted molar refractivity (Wildman–Crippen MR) is 129 cm³/mol. The molecule has 1 aromatic carbocycles. The maximum Gasteiger partial charge on any atom is 0.578 e. The highest BCUT2D eigenvalue weighted by Crippen LogP contribution is 2.42. The number of nitrogens with two attached hydrogens (primary N) is 1. The number of hydrogen-bond donors (Lipinski definition) is 4. The lowest BCUT2D eigenvalue weighted by atomic mass is 9.81. The number of nitriles is 1. The Morgan fingerprint density at radius 1 is 1.14 bits per heavy atom. The second-order valence-electron chi connectivity index (χ2n) is 9.55. The summed E-state index contributed by atoms with van der Waals surface area (Å²) in [6.45, 7) is 0. The van der Waals surface area contributed by atoms with Crippen LogP contribution in [0.15, 0.2) is 40.9 Å². The maximum absolute atomic E-state index is 12.6.